The molecule has 7 heteroatoms. The van der Waals surface area contributed by atoms with Crippen molar-refractivity contribution >= 4 is 34.1 Å². The lowest BCUT2D eigenvalue weighted by Gasteiger charge is -2.12. The van der Waals surface area contributed by atoms with Crippen LogP contribution in [0, 0.1) is 0 Å². The fourth-order valence-corrected chi connectivity index (χ4v) is 3.43. The Kier molecular flexibility index (Phi) is 5.22. The number of H-pyrrole nitrogens is 1. The van der Waals surface area contributed by atoms with Gasteiger partial charge >= 0.3 is 0 Å². The zero-order valence-corrected chi connectivity index (χ0v) is 16.6. The van der Waals surface area contributed by atoms with Gasteiger partial charge in [-0.15, -0.1) is 0 Å². The van der Waals surface area contributed by atoms with Crippen molar-refractivity contribution in [3.05, 3.63) is 86.6 Å². The van der Waals surface area contributed by atoms with Crippen molar-refractivity contribution in [3.8, 4) is 11.3 Å². The monoisotopic (exact) mass is 414 g/mol. The molecule has 0 aliphatic carbocycles. The number of aromatic nitrogens is 2. The van der Waals surface area contributed by atoms with E-state index in [4.69, 9.17) is 27.6 Å². The van der Waals surface area contributed by atoms with Crippen LogP contribution in [0.5, 0.6) is 0 Å². The van der Waals surface area contributed by atoms with E-state index in [1.54, 1.807) is 18.2 Å². The number of aromatic amines is 1. The molecule has 0 fully saturated rings. The maximum atomic E-state index is 12.3. The van der Waals surface area contributed by atoms with Gasteiger partial charge in [0.05, 0.1) is 18.0 Å². The molecule has 1 atom stereocenters. The Morgan fingerprint density at radius 2 is 1.75 bits per heavy atom. The summed E-state index contributed by atoms with van der Waals surface area (Å²) >= 11 is 12.0. The van der Waals surface area contributed by atoms with Gasteiger partial charge in [0, 0.05) is 15.6 Å². The minimum Gasteiger partial charge on any atom is -0.455 e. The minimum atomic E-state index is -0.160. The molecule has 0 spiro atoms. The highest BCUT2D eigenvalue weighted by atomic mass is 35.5. The van der Waals surface area contributed by atoms with Gasteiger partial charge in [-0.05, 0) is 54.6 Å². The second kappa shape index (κ2) is 7.80. The molecule has 5 nitrogen and oxygen atoms in total. The molecule has 0 amide bonds. The zero-order valence-electron chi connectivity index (χ0n) is 15.1. The van der Waals surface area contributed by atoms with Crippen LogP contribution < -0.4 is 10.5 Å². The molecule has 28 heavy (non-hydrogen) atoms. The molecule has 0 radical (unpaired) electrons. The Hall–Kier alpha value is -2.60. The lowest BCUT2D eigenvalue weighted by atomic mass is 10.2. The third-order valence-electron chi connectivity index (χ3n) is 4.45. The summed E-state index contributed by atoms with van der Waals surface area (Å²) in [6.45, 7) is 1.21. The lowest BCUT2D eigenvalue weighted by molar-refractivity contribution is -0.909. The number of furan rings is 1. The molecular formula is C21H18Cl2N3O2+. The van der Waals surface area contributed by atoms with Crippen molar-refractivity contribution < 1.29 is 9.32 Å². The second-order valence-electron chi connectivity index (χ2n) is 6.76. The van der Waals surface area contributed by atoms with Gasteiger partial charge in [-0.1, -0.05) is 23.2 Å². The highest BCUT2D eigenvalue weighted by molar-refractivity contribution is 6.31. The van der Waals surface area contributed by atoms with E-state index in [1.807, 2.05) is 43.4 Å². The molecule has 1 unspecified atom stereocenters. The Labute approximate surface area is 171 Å². The Morgan fingerprint density at radius 3 is 2.54 bits per heavy atom. The SMILES string of the molecule is C[NH+](Cc1nc2cc(Cl)ccc2c(=O)[nH]1)Cc1ccc(-c2ccc(Cl)cc2)o1. The van der Waals surface area contributed by atoms with Crippen LogP contribution in [0.4, 0.5) is 0 Å². The molecule has 0 aliphatic heterocycles. The third kappa shape index (κ3) is 4.12. The summed E-state index contributed by atoms with van der Waals surface area (Å²) in [6.07, 6.45) is 0. The zero-order chi connectivity index (χ0) is 19.7. The number of hydrogen-bond acceptors (Lipinski definition) is 3. The van der Waals surface area contributed by atoms with Crippen LogP contribution in [0.3, 0.4) is 0 Å². The second-order valence-corrected chi connectivity index (χ2v) is 7.63. The number of nitrogens with one attached hydrogen (secondary N) is 2. The minimum absolute atomic E-state index is 0.160. The maximum Gasteiger partial charge on any atom is 0.258 e. The van der Waals surface area contributed by atoms with E-state index in [9.17, 15) is 4.79 Å². The number of benzene rings is 2. The van der Waals surface area contributed by atoms with Crippen molar-refractivity contribution in [2.75, 3.05) is 7.05 Å². The van der Waals surface area contributed by atoms with Gasteiger partial charge in [0.1, 0.15) is 18.8 Å². The normalized spacial score (nSPS) is 12.4. The van der Waals surface area contributed by atoms with E-state index in [-0.39, 0.29) is 5.56 Å². The van der Waals surface area contributed by atoms with Gasteiger partial charge in [0.25, 0.3) is 5.56 Å². The standard InChI is InChI=1S/C21H17Cl2N3O2/c1-26(11-16-7-9-19(28-16)13-2-4-14(22)5-3-13)12-20-24-18-10-15(23)6-8-17(18)21(27)25-20/h2-10H,11-12H2,1H3,(H,24,25,27)/p+1. The third-order valence-corrected chi connectivity index (χ3v) is 4.94. The molecule has 4 rings (SSSR count). The summed E-state index contributed by atoms with van der Waals surface area (Å²) in [6, 6.07) is 16.5. The van der Waals surface area contributed by atoms with E-state index in [0.29, 0.717) is 39.9 Å². The topological polar surface area (TPSA) is 63.3 Å². The van der Waals surface area contributed by atoms with E-state index in [0.717, 1.165) is 22.0 Å². The Balaban J connectivity index is 1.49. The van der Waals surface area contributed by atoms with Gasteiger partial charge in [-0.3, -0.25) is 4.79 Å². The molecule has 4 aromatic rings. The number of rotatable bonds is 5. The predicted molar refractivity (Wildman–Crippen MR) is 111 cm³/mol. The smallest absolute Gasteiger partial charge is 0.258 e. The van der Waals surface area contributed by atoms with Crippen LogP contribution in [0.15, 0.2) is 63.8 Å². The van der Waals surface area contributed by atoms with Crippen molar-refractivity contribution in [3.63, 3.8) is 0 Å². The molecule has 0 bridgehead atoms. The predicted octanol–water partition coefficient (Wildman–Crippen LogP) is 3.70. The van der Waals surface area contributed by atoms with Crippen molar-refractivity contribution in [1.82, 2.24) is 9.97 Å². The molecule has 142 valence electrons. The van der Waals surface area contributed by atoms with Gasteiger partial charge in [0.15, 0.2) is 11.6 Å². The van der Waals surface area contributed by atoms with Crippen molar-refractivity contribution in [2.45, 2.75) is 13.1 Å². The fourth-order valence-electron chi connectivity index (χ4n) is 3.13. The molecule has 0 saturated heterocycles. The highest BCUT2D eigenvalue weighted by Crippen LogP contribution is 2.23. The molecule has 2 aromatic carbocycles. The summed E-state index contributed by atoms with van der Waals surface area (Å²) in [4.78, 5) is 20.8. The van der Waals surface area contributed by atoms with Gasteiger partial charge in [0.2, 0.25) is 0 Å². The highest BCUT2D eigenvalue weighted by Gasteiger charge is 2.13. The van der Waals surface area contributed by atoms with E-state index >= 15 is 0 Å². The van der Waals surface area contributed by atoms with Gasteiger partial charge in [-0.25, -0.2) is 4.98 Å². The van der Waals surface area contributed by atoms with Crippen LogP contribution >= 0.6 is 23.2 Å². The van der Waals surface area contributed by atoms with E-state index in [1.165, 1.54) is 0 Å². The first-order valence-electron chi connectivity index (χ1n) is 8.82. The molecule has 2 N–H and O–H groups in total. The number of halogens is 2. The van der Waals surface area contributed by atoms with Crippen molar-refractivity contribution in [2.24, 2.45) is 0 Å². The van der Waals surface area contributed by atoms with Crippen LogP contribution in [0.2, 0.25) is 10.0 Å². The molecule has 2 heterocycles. The number of quaternary nitrogens is 1. The first-order chi connectivity index (χ1) is 13.5. The van der Waals surface area contributed by atoms with Crippen molar-refractivity contribution in [1.29, 1.82) is 0 Å². The summed E-state index contributed by atoms with van der Waals surface area (Å²) < 4.78 is 5.95. The van der Waals surface area contributed by atoms with Gasteiger partial charge < -0.3 is 14.3 Å². The van der Waals surface area contributed by atoms with Gasteiger partial charge in [-0.2, -0.15) is 0 Å². The quantitative estimate of drug-likeness (QED) is 0.523. The van der Waals surface area contributed by atoms with E-state index < -0.39 is 0 Å². The molecule has 0 saturated carbocycles. The van der Waals surface area contributed by atoms with Crippen LogP contribution in [0.25, 0.3) is 22.2 Å². The number of nitrogens with zero attached hydrogens (tertiary/aromatic N) is 1. The largest absolute Gasteiger partial charge is 0.455 e. The first-order valence-corrected chi connectivity index (χ1v) is 9.58. The Morgan fingerprint density at radius 1 is 1.00 bits per heavy atom. The van der Waals surface area contributed by atoms with Crippen LogP contribution in [0.1, 0.15) is 11.6 Å². The molecular weight excluding hydrogens is 397 g/mol. The van der Waals surface area contributed by atoms with Crippen LogP contribution in [-0.4, -0.2) is 17.0 Å². The maximum absolute atomic E-state index is 12.3. The molecule has 2 aromatic heterocycles. The average Bonchev–Trinajstić information content (AvgIpc) is 3.10. The Bertz CT molecular complexity index is 1180. The summed E-state index contributed by atoms with van der Waals surface area (Å²) in [5.41, 5.74) is 1.42. The lowest BCUT2D eigenvalue weighted by Crippen LogP contribution is -3.06. The summed E-state index contributed by atoms with van der Waals surface area (Å²) in [7, 11) is 2.02. The number of hydrogen-bond donors (Lipinski definition) is 2. The average molecular weight is 415 g/mol. The summed E-state index contributed by atoms with van der Waals surface area (Å²) in [5, 5.41) is 1.78. The van der Waals surface area contributed by atoms with E-state index in [2.05, 4.69) is 9.97 Å². The number of fused-ring (bicyclic) bond motifs is 1. The fraction of sp³-hybridized carbons (Fsp3) is 0.143. The first kappa shape index (κ1) is 18.7. The molecule has 0 aliphatic rings. The van der Waals surface area contributed by atoms with Crippen LogP contribution in [-0.2, 0) is 13.1 Å². The summed E-state index contributed by atoms with van der Waals surface area (Å²) in [5.74, 6) is 2.27.